The van der Waals surface area contributed by atoms with E-state index in [-0.39, 0.29) is 5.95 Å². The lowest BCUT2D eigenvalue weighted by molar-refractivity contribution is 0.0726. The summed E-state index contributed by atoms with van der Waals surface area (Å²) in [6.07, 6.45) is 5.64. The van der Waals surface area contributed by atoms with Crippen LogP contribution in [0.1, 0.15) is 12.8 Å². The lowest BCUT2D eigenvalue weighted by Gasteiger charge is -2.46. The molecule has 11 nitrogen and oxygen atoms in total. The van der Waals surface area contributed by atoms with Crippen LogP contribution in [-0.2, 0) is 0 Å². The summed E-state index contributed by atoms with van der Waals surface area (Å²) in [7, 11) is 0. The van der Waals surface area contributed by atoms with Crippen LogP contribution in [0.25, 0.3) is 28.3 Å². The van der Waals surface area contributed by atoms with Crippen LogP contribution in [0.5, 0.6) is 5.75 Å². The summed E-state index contributed by atoms with van der Waals surface area (Å²) in [5.74, 6) is 3.69. The van der Waals surface area contributed by atoms with Gasteiger partial charge in [0, 0.05) is 49.7 Å². The smallest absolute Gasteiger partial charge is 0.259 e. The number of piperazine rings is 1. The maximum Gasteiger partial charge on any atom is 0.259 e. The van der Waals surface area contributed by atoms with Gasteiger partial charge in [-0.2, -0.15) is 19.5 Å². The fourth-order valence-electron chi connectivity index (χ4n) is 5.38. The van der Waals surface area contributed by atoms with Crippen molar-refractivity contribution >= 4 is 28.6 Å². The Bertz CT molecular complexity index is 1550. The minimum Gasteiger partial charge on any atom is -0.493 e. The number of aromatic nitrogens is 6. The maximum absolute atomic E-state index is 6.22. The van der Waals surface area contributed by atoms with Gasteiger partial charge in [-0.3, -0.25) is 9.88 Å². The summed E-state index contributed by atoms with van der Waals surface area (Å²) < 4.78 is 13.0. The maximum atomic E-state index is 6.22. The van der Waals surface area contributed by atoms with Gasteiger partial charge in [-0.1, -0.05) is 6.07 Å². The normalized spacial score (nSPS) is 20.4. The van der Waals surface area contributed by atoms with Gasteiger partial charge >= 0.3 is 0 Å². The highest BCUT2D eigenvalue weighted by Gasteiger charge is 2.34. The van der Waals surface area contributed by atoms with Gasteiger partial charge in [0.2, 0.25) is 17.7 Å². The molecule has 37 heavy (non-hydrogen) atoms. The van der Waals surface area contributed by atoms with Crippen LogP contribution in [0.2, 0.25) is 0 Å². The predicted octanol–water partition coefficient (Wildman–Crippen LogP) is 2.89. The molecule has 0 bridgehead atoms. The lowest BCUT2D eigenvalue weighted by atomic mass is 9.91. The number of nitrogens with zero attached hydrogens (tertiary/aromatic N) is 8. The molecular weight excluding hydrogens is 470 g/mol. The second-order valence-electron chi connectivity index (χ2n) is 9.71. The molecule has 2 aliphatic heterocycles. The Labute approximate surface area is 212 Å². The Morgan fingerprint density at radius 2 is 2.00 bits per heavy atom. The summed E-state index contributed by atoms with van der Waals surface area (Å²) in [5.41, 5.74) is 7.20. The molecule has 7 rings (SSSR count). The molecule has 0 spiro atoms. The molecule has 2 saturated heterocycles. The van der Waals surface area contributed by atoms with Crippen molar-refractivity contribution in [1.29, 1.82) is 0 Å². The number of pyridine rings is 1. The first-order valence-corrected chi connectivity index (χ1v) is 12.6. The lowest BCUT2D eigenvalue weighted by Crippen LogP contribution is -2.57. The molecule has 2 fully saturated rings. The molecule has 0 radical (unpaired) electrons. The second kappa shape index (κ2) is 9.00. The average molecular weight is 498 g/mol. The third-order valence-electron chi connectivity index (χ3n) is 7.31. The summed E-state index contributed by atoms with van der Waals surface area (Å²) in [6.45, 7) is 4.39. The highest BCUT2D eigenvalue weighted by atomic mass is 16.5. The van der Waals surface area contributed by atoms with E-state index in [1.807, 2.05) is 24.4 Å². The van der Waals surface area contributed by atoms with Crippen LogP contribution in [0.3, 0.4) is 0 Å². The Kier molecular flexibility index (Phi) is 5.35. The number of piperidine rings is 1. The van der Waals surface area contributed by atoms with Crippen molar-refractivity contribution in [3.63, 3.8) is 0 Å². The molecule has 2 atom stereocenters. The zero-order valence-corrected chi connectivity index (χ0v) is 20.3. The topological polar surface area (TPSA) is 124 Å². The number of fused-ring (bicyclic) bond motifs is 3. The highest BCUT2D eigenvalue weighted by Crippen LogP contribution is 2.28. The number of ether oxygens (including phenoxy) is 1. The monoisotopic (exact) mass is 497 g/mol. The first-order valence-electron chi connectivity index (χ1n) is 12.6. The second-order valence-corrected chi connectivity index (χ2v) is 9.71. The van der Waals surface area contributed by atoms with E-state index in [0.717, 1.165) is 62.3 Å². The first kappa shape index (κ1) is 22.0. The molecule has 11 heteroatoms. The number of nitrogens with two attached hydrogens (primary N) is 1. The molecule has 0 saturated carbocycles. The van der Waals surface area contributed by atoms with Gasteiger partial charge in [-0.25, -0.2) is 0 Å². The van der Waals surface area contributed by atoms with Crippen LogP contribution in [0.4, 0.5) is 11.9 Å². The number of benzene rings is 1. The van der Waals surface area contributed by atoms with Crippen LogP contribution in [0.15, 0.2) is 59.3 Å². The predicted molar refractivity (Wildman–Crippen MR) is 138 cm³/mol. The molecule has 2 unspecified atom stereocenters. The van der Waals surface area contributed by atoms with Crippen molar-refractivity contribution < 1.29 is 9.15 Å². The number of furan rings is 1. The van der Waals surface area contributed by atoms with Gasteiger partial charge in [0.1, 0.15) is 5.75 Å². The Balaban J connectivity index is 0.996. The van der Waals surface area contributed by atoms with Crippen molar-refractivity contribution in [3.8, 4) is 17.3 Å². The number of nitrogen functional groups attached to an aromatic ring is 1. The molecule has 5 aromatic rings. The first-order chi connectivity index (χ1) is 18.2. The van der Waals surface area contributed by atoms with E-state index in [0.29, 0.717) is 35.3 Å². The SMILES string of the molecule is Nc1nc(N2CCN3CC(COc4ccc5ncccc5c4)CCC3C2)nc2nc(-c3ccco3)nn12. The molecule has 0 amide bonds. The van der Waals surface area contributed by atoms with Gasteiger partial charge in [0.25, 0.3) is 5.78 Å². The summed E-state index contributed by atoms with van der Waals surface area (Å²) in [4.78, 5) is 22.9. The van der Waals surface area contributed by atoms with Crippen LogP contribution < -0.4 is 15.4 Å². The van der Waals surface area contributed by atoms with Crippen molar-refractivity contribution in [2.45, 2.75) is 18.9 Å². The van der Waals surface area contributed by atoms with E-state index in [1.54, 1.807) is 18.4 Å². The van der Waals surface area contributed by atoms with E-state index >= 15 is 0 Å². The van der Waals surface area contributed by atoms with Gasteiger partial charge in [0.05, 0.1) is 18.4 Å². The Hall–Kier alpha value is -4.25. The number of hydrogen-bond donors (Lipinski definition) is 1. The number of rotatable bonds is 5. The minimum absolute atomic E-state index is 0.262. The Morgan fingerprint density at radius 1 is 1.03 bits per heavy atom. The molecule has 4 aromatic heterocycles. The summed E-state index contributed by atoms with van der Waals surface area (Å²) in [6, 6.07) is 14.2. The summed E-state index contributed by atoms with van der Waals surface area (Å²) in [5, 5.41) is 5.49. The van der Waals surface area contributed by atoms with Gasteiger partial charge in [-0.15, -0.1) is 5.10 Å². The summed E-state index contributed by atoms with van der Waals surface area (Å²) >= 11 is 0. The van der Waals surface area contributed by atoms with E-state index in [1.165, 1.54) is 4.52 Å². The van der Waals surface area contributed by atoms with Crippen molar-refractivity contribution in [3.05, 3.63) is 54.9 Å². The minimum atomic E-state index is 0.262. The molecule has 2 N–H and O–H groups in total. The zero-order valence-electron chi connectivity index (χ0n) is 20.3. The van der Waals surface area contributed by atoms with E-state index in [4.69, 9.17) is 14.9 Å². The number of hydrogen-bond acceptors (Lipinski definition) is 10. The van der Waals surface area contributed by atoms with Crippen molar-refractivity contribution in [1.82, 2.24) is 34.4 Å². The van der Waals surface area contributed by atoms with Crippen molar-refractivity contribution in [2.75, 3.05) is 43.4 Å². The Morgan fingerprint density at radius 3 is 2.92 bits per heavy atom. The van der Waals surface area contributed by atoms with Crippen LogP contribution in [0, 0.1) is 5.92 Å². The largest absolute Gasteiger partial charge is 0.493 e. The highest BCUT2D eigenvalue weighted by molar-refractivity contribution is 5.79. The molecular formula is C26H27N9O2. The molecule has 6 heterocycles. The molecule has 0 aliphatic carbocycles. The zero-order chi connectivity index (χ0) is 24.8. The average Bonchev–Trinajstić information content (AvgIpc) is 3.62. The van der Waals surface area contributed by atoms with E-state index in [9.17, 15) is 0 Å². The van der Waals surface area contributed by atoms with Crippen LogP contribution in [-0.4, -0.2) is 73.3 Å². The van der Waals surface area contributed by atoms with Gasteiger partial charge in [0.15, 0.2) is 5.76 Å². The standard InChI is InChI=1S/C26H27N9O2/c27-24-30-25(31-26-29-23(32-35(24)26)22-4-2-12-36-22)34-11-10-33-14-17(5-6-19(33)15-34)16-37-20-7-8-21-18(13-20)3-1-9-28-21/h1-4,7-9,12-13,17,19H,5-6,10-11,14-16H2,(H2,27,29,30,31,32). The van der Waals surface area contributed by atoms with Gasteiger partial charge in [-0.05, 0) is 49.2 Å². The third-order valence-corrected chi connectivity index (χ3v) is 7.31. The van der Waals surface area contributed by atoms with Gasteiger partial charge < -0.3 is 19.8 Å². The van der Waals surface area contributed by atoms with E-state index < -0.39 is 0 Å². The van der Waals surface area contributed by atoms with E-state index in [2.05, 4.69) is 47.0 Å². The quantitative estimate of drug-likeness (QED) is 0.388. The molecule has 2 aliphatic rings. The molecule has 188 valence electrons. The number of anilines is 2. The fraction of sp³-hybridized carbons (Fsp3) is 0.346. The van der Waals surface area contributed by atoms with Crippen LogP contribution >= 0.6 is 0 Å². The fourth-order valence-corrected chi connectivity index (χ4v) is 5.38. The third kappa shape index (κ3) is 4.20. The van der Waals surface area contributed by atoms with Crippen molar-refractivity contribution in [2.24, 2.45) is 5.92 Å². The molecule has 1 aromatic carbocycles.